The van der Waals surface area contributed by atoms with Gasteiger partial charge in [-0.15, -0.1) is 0 Å². The van der Waals surface area contributed by atoms with Crippen LogP contribution < -0.4 is 15.4 Å². The number of nitrogens with one attached hydrogen (secondary N) is 2. The monoisotopic (exact) mass is 341 g/mol. The van der Waals surface area contributed by atoms with E-state index >= 15 is 0 Å². The Balaban J connectivity index is 1.77. The zero-order valence-corrected chi connectivity index (χ0v) is 15.2. The summed E-state index contributed by atoms with van der Waals surface area (Å²) in [5, 5.41) is 6.68. The van der Waals surface area contributed by atoms with Gasteiger partial charge in [-0.3, -0.25) is 4.99 Å². The summed E-state index contributed by atoms with van der Waals surface area (Å²) in [6.45, 7) is 2.16. The normalized spacial score (nSPS) is 11.2. The summed E-state index contributed by atoms with van der Waals surface area (Å²) in [6, 6.07) is 16.5. The van der Waals surface area contributed by atoms with E-state index < -0.39 is 0 Å². The highest BCUT2D eigenvalue weighted by molar-refractivity contribution is 5.79. The number of hydrogen-bond acceptors (Lipinski definition) is 3. The summed E-state index contributed by atoms with van der Waals surface area (Å²) < 4.78 is 10.3. The summed E-state index contributed by atoms with van der Waals surface area (Å²) in [4.78, 5) is 4.27. The first-order valence-corrected chi connectivity index (χ1v) is 8.39. The van der Waals surface area contributed by atoms with Crippen molar-refractivity contribution < 1.29 is 9.47 Å². The molecule has 0 amide bonds. The lowest BCUT2D eigenvalue weighted by Crippen LogP contribution is -2.37. The molecule has 0 unspecified atom stereocenters. The highest BCUT2D eigenvalue weighted by Crippen LogP contribution is 2.11. The van der Waals surface area contributed by atoms with E-state index in [9.17, 15) is 0 Å². The Morgan fingerprint density at radius 2 is 1.72 bits per heavy atom. The number of methoxy groups -OCH3 is 2. The largest absolute Gasteiger partial charge is 0.497 e. The third-order valence-electron chi connectivity index (χ3n) is 3.85. The minimum Gasteiger partial charge on any atom is -0.497 e. The first-order chi connectivity index (χ1) is 12.2. The average molecular weight is 341 g/mol. The van der Waals surface area contributed by atoms with Crippen molar-refractivity contribution in [1.29, 1.82) is 0 Å². The van der Waals surface area contributed by atoms with Crippen molar-refractivity contribution in [2.45, 2.75) is 19.6 Å². The van der Waals surface area contributed by atoms with Crippen LogP contribution in [0.3, 0.4) is 0 Å². The van der Waals surface area contributed by atoms with Crippen molar-refractivity contribution >= 4 is 5.96 Å². The second-order valence-electron chi connectivity index (χ2n) is 5.70. The van der Waals surface area contributed by atoms with E-state index in [1.807, 2.05) is 18.2 Å². The van der Waals surface area contributed by atoms with Gasteiger partial charge in [0, 0.05) is 27.2 Å². The summed E-state index contributed by atoms with van der Waals surface area (Å²) in [5.41, 5.74) is 3.63. The first-order valence-electron chi connectivity index (χ1n) is 8.39. The number of ether oxygens (including phenoxy) is 2. The number of nitrogens with zero attached hydrogens (tertiary/aromatic N) is 1. The lowest BCUT2D eigenvalue weighted by molar-refractivity contribution is 0.185. The molecular formula is C20H27N3O2. The summed E-state index contributed by atoms with van der Waals surface area (Å²) in [6.07, 6.45) is 0.925. The zero-order chi connectivity index (χ0) is 17.9. The molecule has 0 aliphatic heterocycles. The summed E-state index contributed by atoms with van der Waals surface area (Å²) in [5.74, 6) is 1.68. The van der Waals surface area contributed by atoms with Gasteiger partial charge in [0.15, 0.2) is 5.96 Å². The number of hydrogen-bond donors (Lipinski definition) is 2. The highest BCUT2D eigenvalue weighted by Gasteiger charge is 2.01. The van der Waals surface area contributed by atoms with Crippen molar-refractivity contribution in [2.24, 2.45) is 4.99 Å². The van der Waals surface area contributed by atoms with Gasteiger partial charge in [-0.05, 0) is 35.2 Å². The predicted octanol–water partition coefficient (Wildman–Crippen LogP) is 2.75. The lowest BCUT2D eigenvalue weighted by atomic mass is 10.1. The van der Waals surface area contributed by atoms with E-state index in [-0.39, 0.29) is 0 Å². The maximum atomic E-state index is 5.17. The molecule has 0 aromatic heterocycles. The molecule has 2 aromatic rings. The highest BCUT2D eigenvalue weighted by atomic mass is 16.5. The smallest absolute Gasteiger partial charge is 0.191 e. The van der Waals surface area contributed by atoms with E-state index in [1.165, 1.54) is 16.7 Å². The van der Waals surface area contributed by atoms with Gasteiger partial charge >= 0.3 is 0 Å². The molecule has 0 radical (unpaired) electrons. The molecular weight excluding hydrogens is 314 g/mol. The Morgan fingerprint density at radius 3 is 2.40 bits per heavy atom. The Bertz CT molecular complexity index is 669. The van der Waals surface area contributed by atoms with E-state index in [1.54, 1.807) is 21.3 Å². The van der Waals surface area contributed by atoms with Gasteiger partial charge in [0.2, 0.25) is 0 Å². The van der Waals surface area contributed by atoms with Crippen LogP contribution in [-0.4, -0.2) is 33.8 Å². The predicted molar refractivity (Wildman–Crippen MR) is 102 cm³/mol. The fourth-order valence-electron chi connectivity index (χ4n) is 2.52. The number of guanidine groups is 1. The lowest BCUT2D eigenvalue weighted by Gasteiger charge is -2.12. The van der Waals surface area contributed by atoms with Gasteiger partial charge < -0.3 is 20.1 Å². The molecule has 2 N–H and O–H groups in total. The van der Waals surface area contributed by atoms with Gasteiger partial charge in [0.05, 0.1) is 13.7 Å². The maximum Gasteiger partial charge on any atom is 0.191 e. The summed E-state index contributed by atoms with van der Waals surface area (Å²) >= 11 is 0. The van der Waals surface area contributed by atoms with Crippen LogP contribution in [0.15, 0.2) is 53.5 Å². The van der Waals surface area contributed by atoms with Crippen molar-refractivity contribution in [3.05, 3.63) is 65.2 Å². The standard InChI is InChI=1S/C20H27N3O2/c1-21-20(22-12-11-16-7-9-19(25-3)10-8-16)23-14-17-5-4-6-18(13-17)15-24-2/h4-10,13H,11-12,14-15H2,1-3H3,(H2,21,22,23). The molecule has 0 atom stereocenters. The maximum absolute atomic E-state index is 5.17. The Hall–Kier alpha value is -2.53. The third-order valence-corrected chi connectivity index (χ3v) is 3.85. The minimum absolute atomic E-state index is 0.628. The Labute approximate surface area is 150 Å². The van der Waals surface area contributed by atoms with Crippen molar-refractivity contribution in [1.82, 2.24) is 10.6 Å². The molecule has 0 spiro atoms. The Kier molecular flexibility index (Phi) is 7.79. The molecule has 0 heterocycles. The van der Waals surface area contributed by atoms with Gasteiger partial charge in [-0.25, -0.2) is 0 Å². The van der Waals surface area contributed by atoms with Crippen LogP contribution >= 0.6 is 0 Å². The van der Waals surface area contributed by atoms with Crippen LogP contribution in [0.4, 0.5) is 0 Å². The van der Waals surface area contributed by atoms with E-state index in [0.717, 1.165) is 31.2 Å². The van der Waals surface area contributed by atoms with E-state index in [2.05, 4.69) is 46.0 Å². The molecule has 2 rings (SSSR count). The van der Waals surface area contributed by atoms with Gasteiger partial charge in [-0.1, -0.05) is 36.4 Å². The van der Waals surface area contributed by atoms with E-state index in [0.29, 0.717) is 6.61 Å². The third kappa shape index (κ3) is 6.47. The molecule has 5 nitrogen and oxygen atoms in total. The molecule has 0 aliphatic carbocycles. The molecule has 0 saturated carbocycles. The average Bonchev–Trinajstić information content (AvgIpc) is 2.65. The van der Waals surface area contributed by atoms with Crippen molar-refractivity contribution in [3.8, 4) is 5.75 Å². The minimum atomic E-state index is 0.628. The Morgan fingerprint density at radius 1 is 0.960 bits per heavy atom. The van der Waals surface area contributed by atoms with Crippen LogP contribution in [0.1, 0.15) is 16.7 Å². The van der Waals surface area contributed by atoms with Crippen molar-refractivity contribution in [3.63, 3.8) is 0 Å². The van der Waals surface area contributed by atoms with Gasteiger partial charge in [0.1, 0.15) is 5.75 Å². The van der Waals surface area contributed by atoms with Crippen LogP contribution in [0.25, 0.3) is 0 Å². The molecule has 0 aliphatic rings. The molecule has 0 bridgehead atoms. The molecule has 2 aromatic carbocycles. The van der Waals surface area contributed by atoms with Crippen LogP contribution in [0.5, 0.6) is 5.75 Å². The molecule has 5 heteroatoms. The SMILES string of the molecule is CN=C(NCCc1ccc(OC)cc1)NCc1cccc(COC)c1. The number of aliphatic imine (C=N–C) groups is 1. The van der Waals surface area contributed by atoms with Gasteiger partial charge in [-0.2, -0.15) is 0 Å². The molecule has 134 valence electrons. The molecule has 0 saturated heterocycles. The zero-order valence-electron chi connectivity index (χ0n) is 15.2. The second kappa shape index (κ2) is 10.4. The fraction of sp³-hybridized carbons (Fsp3) is 0.350. The van der Waals surface area contributed by atoms with Crippen molar-refractivity contribution in [2.75, 3.05) is 27.8 Å². The first kappa shape index (κ1) is 18.8. The molecule has 25 heavy (non-hydrogen) atoms. The van der Waals surface area contributed by atoms with Crippen LogP contribution in [0.2, 0.25) is 0 Å². The summed E-state index contributed by atoms with van der Waals surface area (Å²) in [7, 11) is 5.17. The second-order valence-corrected chi connectivity index (χ2v) is 5.70. The number of rotatable bonds is 8. The van der Waals surface area contributed by atoms with E-state index in [4.69, 9.17) is 9.47 Å². The van der Waals surface area contributed by atoms with Crippen LogP contribution in [-0.2, 0) is 24.3 Å². The number of benzene rings is 2. The van der Waals surface area contributed by atoms with Gasteiger partial charge in [0.25, 0.3) is 0 Å². The fourth-order valence-corrected chi connectivity index (χ4v) is 2.52. The topological polar surface area (TPSA) is 54.9 Å². The molecule has 0 fully saturated rings. The van der Waals surface area contributed by atoms with Crippen LogP contribution in [0, 0.1) is 0 Å². The quantitative estimate of drug-likeness (QED) is 0.573.